The summed E-state index contributed by atoms with van der Waals surface area (Å²) in [6.07, 6.45) is 5.88. The first-order valence-electron chi connectivity index (χ1n) is 2.33. The summed E-state index contributed by atoms with van der Waals surface area (Å²) in [6, 6.07) is 0. The van der Waals surface area contributed by atoms with Gasteiger partial charge in [0.05, 0.1) is 0 Å². The van der Waals surface area contributed by atoms with Crippen LogP contribution in [0.5, 0.6) is 0 Å². The molecule has 1 aliphatic rings. The molecule has 44 valence electrons. The molecular formula is C5H6ClOP. The maximum absolute atomic E-state index is 10.9. The predicted molar refractivity (Wildman–Crippen MR) is 36.6 cm³/mol. The number of allylic oxidation sites excluding steroid dienone is 3. The second-order valence-electron chi connectivity index (χ2n) is 1.66. The van der Waals surface area contributed by atoms with E-state index in [2.05, 4.69) is 0 Å². The monoisotopic (exact) mass is 148 g/mol. The van der Waals surface area contributed by atoms with Crippen molar-refractivity contribution in [2.24, 2.45) is 0 Å². The molecule has 0 fully saturated rings. The van der Waals surface area contributed by atoms with Crippen LogP contribution in [-0.2, 0) is 4.57 Å². The largest absolute Gasteiger partial charge is 0.302 e. The van der Waals surface area contributed by atoms with Gasteiger partial charge in [-0.25, -0.2) is 0 Å². The molecular weight excluding hydrogens is 142 g/mol. The maximum atomic E-state index is 10.9. The molecule has 1 heterocycles. The van der Waals surface area contributed by atoms with Gasteiger partial charge in [0.25, 0.3) is 0 Å². The van der Waals surface area contributed by atoms with Crippen LogP contribution < -0.4 is 0 Å². The zero-order chi connectivity index (χ0) is 6.04. The van der Waals surface area contributed by atoms with Gasteiger partial charge in [-0.1, -0.05) is 18.2 Å². The predicted octanol–water partition coefficient (Wildman–Crippen LogP) is 2.59. The van der Waals surface area contributed by atoms with E-state index in [9.17, 15) is 4.57 Å². The molecule has 0 radical (unpaired) electrons. The van der Waals surface area contributed by atoms with Gasteiger partial charge in [0, 0.05) is 6.16 Å². The summed E-state index contributed by atoms with van der Waals surface area (Å²) in [5.41, 5.74) is 0. The summed E-state index contributed by atoms with van der Waals surface area (Å²) < 4.78 is 10.9. The molecule has 0 aromatic carbocycles. The number of rotatable bonds is 0. The van der Waals surface area contributed by atoms with Gasteiger partial charge in [0.15, 0.2) is 6.49 Å². The zero-order valence-corrected chi connectivity index (χ0v) is 5.90. The highest BCUT2D eigenvalue weighted by atomic mass is 35.7. The van der Waals surface area contributed by atoms with Crippen LogP contribution >= 0.6 is 17.7 Å². The summed E-state index contributed by atoms with van der Waals surface area (Å²) >= 11 is 5.49. The Kier molecular flexibility index (Phi) is 1.59. The highest BCUT2D eigenvalue weighted by Crippen LogP contribution is 2.53. The molecule has 0 amide bonds. The van der Waals surface area contributed by atoms with Gasteiger partial charge in [-0.15, -0.1) is 0 Å². The van der Waals surface area contributed by atoms with E-state index in [1.165, 1.54) is 0 Å². The molecule has 1 unspecified atom stereocenters. The van der Waals surface area contributed by atoms with E-state index < -0.39 is 6.49 Å². The van der Waals surface area contributed by atoms with E-state index in [4.69, 9.17) is 11.2 Å². The van der Waals surface area contributed by atoms with Crippen molar-refractivity contribution in [2.75, 3.05) is 6.16 Å². The third-order valence-electron chi connectivity index (χ3n) is 0.910. The Morgan fingerprint density at radius 1 is 1.50 bits per heavy atom. The Bertz CT molecular complexity index is 183. The van der Waals surface area contributed by atoms with Crippen molar-refractivity contribution in [3.8, 4) is 0 Å². The molecule has 0 spiro atoms. The lowest BCUT2D eigenvalue weighted by Gasteiger charge is -2.02. The van der Waals surface area contributed by atoms with Crippen LogP contribution in [0.3, 0.4) is 0 Å². The number of hydrogen-bond donors (Lipinski definition) is 0. The van der Waals surface area contributed by atoms with Crippen LogP contribution in [0.15, 0.2) is 24.0 Å². The Morgan fingerprint density at radius 3 is 2.50 bits per heavy atom. The van der Waals surface area contributed by atoms with Crippen LogP contribution in [0.4, 0.5) is 0 Å². The summed E-state index contributed by atoms with van der Waals surface area (Å²) in [7, 11) is 0. The summed E-state index contributed by atoms with van der Waals surface area (Å²) in [6.45, 7) is -2.38. The summed E-state index contributed by atoms with van der Waals surface area (Å²) in [5, 5.41) is 0. The molecule has 0 saturated carbocycles. The fraction of sp³-hybridized carbons (Fsp3) is 0.200. The first-order valence-corrected chi connectivity index (χ1v) is 5.20. The van der Waals surface area contributed by atoms with E-state index in [0.717, 1.165) is 0 Å². The van der Waals surface area contributed by atoms with Crippen LogP contribution in [0.1, 0.15) is 0 Å². The standard InChI is InChI=1S/C5H6ClOP/c6-8(7)4-2-1-3-5-8/h1-4H,5H2. The molecule has 1 rings (SSSR count). The maximum Gasteiger partial charge on any atom is 0.194 e. The first kappa shape index (κ1) is 6.12. The summed E-state index contributed by atoms with van der Waals surface area (Å²) in [5.74, 6) is 1.56. The molecule has 0 saturated heterocycles. The fourth-order valence-electron chi connectivity index (χ4n) is 0.522. The second-order valence-corrected chi connectivity index (χ2v) is 5.44. The van der Waals surface area contributed by atoms with Crippen LogP contribution in [-0.4, -0.2) is 6.16 Å². The van der Waals surface area contributed by atoms with E-state index in [0.29, 0.717) is 6.16 Å². The lowest BCUT2D eigenvalue weighted by molar-refractivity contribution is 0.591. The average Bonchev–Trinajstić information content (AvgIpc) is 1.65. The number of halogens is 1. The van der Waals surface area contributed by atoms with Crippen molar-refractivity contribution in [2.45, 2.75) is 0 Å². The van der Waals surface area contributed by atoms with E-state index in [1.54, 1.807) is 11.9 Å². The van der Waals surface area contributed by atoms with Crippen molar-refractivity contribution >= 4 is 17.7 Å². The van der Waals surface area contributed by atoms with E-state index >= 15 is 0 Å². The molecule has 0 aliphatic carbocycles. The Hall–Kier alpha value is 0. The minimum atomic E-state index is -2.38. The Balaban J connectivity index is 2.81. The third kappa shape index (κ3) is 1.50. The van der Waals surface area contributed by atoms with Crippen molar-refractivity contribution in [3.05, 3.63) is 24.0 Å². The Labute approximate surface area is 53.2 Å². The average molecular weight is 149 g/mol. The topological polar surface area (TPSA) is 17.1 Å². The van der Waals surface area contributed by atoms with Gasteiger partial charge < -0.3 is 4.57 Å². The van der Waals surface area contributed by atoms with Crippen molar-refractivity contribution in [1.82, 2.24) is 0 Å². The van der Waals surface area contributed by atoms with Gasteiger partial charge >= 0.3 is 0 Å². The molecule has 0 aromatic rings. The van der Waals surface area contributed by atoms with Gasteiger partial charge in [0.1, 0.15) is 0 Å². The smallest absolute Gasteiger partial charge is 0.194 e. The highest BCUT2D eigenvalue weighted by Gasteiger charge is 2.11. The highest BCUT2D eigenvalue weighted by molar-refractivity contribution is 7.91. The zero-order valence-electron chi connectivity index (χ0n) is 4.25. The third-order valence-corrected chi connectivity index (χ3v) is 2.99. The Morgan fingerprint density at radius 2 is 2.25 bits per heavy atom. The minimum Gasteiger partial charge on any atom is -0.302 e. The minimum absolute atomic E-state index is 0.505. The quantitative estimate of drug-likeness (QED) is 0.483. The first-order chi connectivity index (χ1) is 3.71. The lowest BCUT2D eigenvalue weighted by Crippen LogP contribution is -1.76. The molecule has 1 nitrogen and oxygen atoms in total. The van der Waals surface area contributed by atoms with E-state index in [1.807, 2.05) is 12.2 Å². The molecule has 0 bridgehead atoms. The molecule has 8 heavy (non-hydrogen) atoms. The van der Waals surface area contributed by atoms with E-state index in [-0.39, 0.29) is 0 Å². The molecule has 3 heteroatoms. The van der Waals surface area contributed by atoms with Gasteiger partial charge in [-0.05, 0) is 17.1 Å². The van der Waals surface area contributed by atoms with Gasteiger partial charge in [-0.3, -0.25) is 0 Å². The number of hydrogen-bond acceptors (Lipinski definition) is 1. The van der Waals surface area contributed by atoms with Crippen LogP contribution in [0.2, 0.25) is 0 Å². The van der Waals surface area contributed by atoms with Gasteiger partial charge in [-0.2, -0.15) is 0 Å². The molecule has 1 aliphatic heterocycles. The molecule has 0 N–H and O–H groups in total. The van der Waals surface area contributed by atoms with Crippen molar-refractivity contribution < 1.29 is 4.57 Å². The van der Waals surface area contributed by atoms with Crippen LogP contribution in [0, 0.1) is 0 Å². The summed E-state index contributed by atoms with van der Waals surface area (Å²) in [4.78, 5) is 0. The molecule has 1 atom stereocenters. The van der Waals surface area contributed by atoms with Crippen molar-refractivity contribution in [3.63, 3.8) is 0 Å². The van der Waals surface area contributed by atoms with Crippen LogP contribution in [0.25, 0.3) is 0 Å². The second kappa shape index (κ2) is 2.08. The fourth-order valence-corrected chi connectivity index (χ4v) is 1.84. The van der Waals surface area contributed by atoms with Crippen molar-refractivity contribution in [1.29, 1.82) is 0 Å². The SMILES string of the molecule is O=P1(Cl)C=CC=CC1. The molecule has 0 aromatic heterocycles. The lowest BCUT2D eigenvalue weighted by atomic mass is 10.5. The van der Waals surface area contributed by atoms with Gasteiger partial charge in [0.2, 0.25) is 0 Å². The normalized spacial score (nSPS) is 35.6.